The van der Waals surface area contributed by atoms with Gasteiger partial charge in [-0.25, -0.2) is 4.21 Å². The maximum absolute atomic E-state index is 12.8. The van der Waals surface area contributed by atoms with Gasteiger partial charge in [-0.3, -0.25) is 0 Å². The van der Waals surface area contributed by atoms with Gasteiger partial charge in [-0.05, 0) is 61.4 Å². The van der Waals surface area contributed by atoms with E-state index in [0.29, 0.717) is 0 Å². The van der Waals surface area contributed by atoms with Crippen LogP contribution in [-0.4, -0.2) is 17.4 Å². The van der Waals surface area contributed by atoms with Gasteiger partial charge in [0.15, 0.2) is 0 Å². The zero-order chi connectivity index (χ0) is 21.4. The summed E-state index contributed by atoms with van der Waals surface area (Å²) in [5, 5.41) is 0. The molecule has 0 saturated carbocycles. The Kier molecular flexibility index (Phi) is 12.3. The SMILES string of the molecule is CCCCCCCOc1ccc(S(=O)c2ccc(OCCCCCCC)cc2)cc1. The lowest BCUT2D eigenvalue weighted by molar-refractivity contribution is 0.304. The first-order chi connectivity index (χ1) is 14.7. The van der Waals surface area contributed by atoms with E-state index in [1.54, 1.807) is 0 Å². The van der Waals surface area contributed by atoms with E-state index in [2.05, 4.69) is 13.8 Å². The van der Waals surface area contributed by atoms with Gasteiger partial charge in [-0.15, -0.1) is 0 Å². The van der Waals surface area contributed by atoms with Crippen molar-refractivity contribution in [2.45, 2.75) is 87.8 Å². The Morgan fingerprint density at radius 2 is 0.933 bits per heavy atom. The molecule has 4 heteroatoms. The van der Waals surface area contributed by atoms with Crippen molar-refractivity contribution in [1.29, 1.82) is 0 Å². The Hall–Kier alpha value is -1.81. The van der Waals surface area contributed by atoms with Gasteiger partial charge < -0.3 is 9.47 Å². The maximum atomic E-state index is 12.8. The van der Waals surface area contributed by atoms with E-state index in [4.69, 9.17) is 9.47 Å². The van der Waals surface area contributed by atoms with Gasteiger partial charge in [-0.2, -0.15) is 0 Å². The second-order valence-electron chi connectivity index (χ2n) is 7.74. The van der Waals surface area contributed by atoms with Gasteiger partial charge in [0.05, 0.1) is 24.0 Å². The van der Waals surface area contributed by atoms with Crippen molar-refractivity contribution < 1.29 is 13.7 Å². The van der Waals surface area contributed by atoms with Crippen LogP contribution < -0.4 is 9.47 Å². The molecule has 0 aliphatic rings. The van der Waals surface area contributed by atoms with E-state index in [1.807, 2.05) is 48.5 Å². The van der Waals surface area contributed by atoms with Gasteiger partial charge in [0.1, 0.15) is 11.5 Å². The Morgan fingerprint density at radius 1 is 0.567 bits per heavy atom. The van der Waals surface area contributed by atoms with Crippen LogP contribution in [0.1, 0.15) is 78.1 Å². The van der Waals surface area contributed by atoms with E-state index in [9.17, 15) is 4.21 Å². The zero-order valence-electron chi connectivity index (χ0n) is 18.7. The molecule has 2 aromatic rings. The van der Waals surface area contributed by atoms with Crippen molar-refractivity contribution in [2.75, 3.05) is 13.2 Å². The molecule has 0 heterocycles. The minimum absolute atomic E-state index is 0.742. The monoisotopic (exact) mass is 430 g/mol. The molecule has 2 aromatic carbocycles. The van der Waals surface area contributed by atoms with E-state index < -0.39 is 10.8 Å². The fourth-order valence-corrected chi connectivity index (χ4v) is 4.29. The average Bonchev–Trinajstić information content (AvgIpc) is 2.79. The molecule has 0 saturated heterocycles. The molecule has 166 valence electrons. The molecular weight excluding hydrogens is 392 g/mol. The summed E-state index contributed by atoms with van der Waals surface area (Å²) in [6.07, 6.45) is 12.3. The van der Waals surface area contributed by atoms with E-state index in [0.717, 1.165) is 47.3 Å². The summed E-state index contributed by atoms with van der Waals surface area (Å²) in [5.74, 6) is 1.68. The molecule has 0 aliphatic carbocycles. The average molecular weight is 431 g/mol. The van der Waals surface area contributed by atoms with Crippen LogP contribution in [-0.2, 0) is 10.8 Å². The van der Waals surface area contributed by atoms with Crippen molar-refractivity contribution in [1.82, 2.24) is 0 Å². The fraction of sp³-hybridized carbons (Fsp3) is 0.538. The number of unbranched alkanes of at least 4 members (excludes halogenated alkanes) is 8. The molecule has 0 radical (unpaired) electrons. The topological polar surface area (TPSA) is 35.5 Å². The third kappa shape index (κ3) is 9.34. The summed E-state index contributed by atoms with van der Waals surface area (Å²) >= 11 is 0. The summed E-state index contributed by atoms with van der Waals surface area (Å²) in [6, 6.07) is 15.2. The lowest BCUT2D eigenvalue weighted by Gasteiger charge is -2.09. The second kappa shape index (κ2) is 15.1. The van der Waals surface area contributed by atoms with Crippen LogP contribution in [0, 0.1) is 0 Å². The van der Waals surface area contributed by atoms with Crippen LogP contribution in [0.2, 0.25) is 0 Å². The summed E-state index contributed by atoms with van der Waals surface area (Å²) in [7, 11) is -1.20. The fourth-order valence-electron chi connectivity index (χ4n) is 3.25. The Bertz CT molecular complexity index is 649. The first kappa shape index (κ1) is 24.5. The quantitative estimate of drug-likeness (QED) is 0.258. The third-order valence-corrected chi connectivity index (χ3v) is 6.51. The van der Waals surface area contributed by atoms with Crippen molar-refractivity contribution in [3.63, 3.8) is 0 Å². The lowest BCUT2D eigenvalue weighted by Crippen LogP contribution is -1.99. The Balaban J connectivity index is 1.75. The van der Waals surface area contributed by atoms with Crippen LogP contribution in [0.15, 0.2) is 58.3 Å². The van der Waals surface area contributed by atoms with Crippen LogP contribution >= 0.6 is 0 Å². The lowest BCUT2D eigenvalue weighted by atomic mass is 10.2. The normalized spacial score (nSPS) is 11.0. The number of hydrogen-bond acceptors (Lipinski definition) is 3. The molecule has 0 unspecified atom stereocenters. The molecule has 0 aliphatic heterocycles. The van der Waals surface area contributed by atoms with Crippen LogP contribution in [0.4, 0.5) is 0 Å². The highest BCUT2D eigenvalue weighted by molar-refractivity contribution is 7.85. The van der Waals surface area contributed by atoms with Gasteiger partial charge in [0.25, 0.3) is 0 Å². The number of rotatable bonds is 16. The van der Waals surface area contributed by atoms with Crippen molar-refractivity contribution in [3.8, 4) is 11.5 Å². The first-order valence-corrected chi connectivity index (χ1v) is 12.8. The molecule has 0 amide bonds. The van der Waals surface area contributed by atoms with Crippen molar-refractivity contribution in [3.05, 3.63) is 48.5 Å². The number of hydrogen-bond donors (Lipinski definition) is 0. The summed E-state index contributed by atoms with van der Waals surface area (Å²) in [6.45, 7) is 5.93. The van der Waals surface area contributed by atoms with E-state index in [1.165, 1.54) is 51.4 Å². The summed E-state index contributed by atoms with van der Waals surface area (Å²) in [4.78, 5) is 1.57. The summed E-state index contributed by atoms with van der Waals surface area (Å²) in [5.41, 5.74) is 0. The summed E-state index contributed by atoms with van der Waals surface area (Å²) < 4.78 is 24.4. The third-order valence-electron chi connectivity index (χ3n) is 5.11. The highest BCUT2D eigenvalue weighted by Crippen LogP contribution is 2.22. The highest BCUT2D eigenvalue weighted by atomic mass is 32.2. The van der Waals surface area contributed by atoms with Crippen molar-refractivity contribution >= 4 is 10.8 Å². The number of benzene rings is 2. The predicted molar refractivity (Wildman–Crippen MR) is 126 cm³/mol. The second-order valence-corrected chi connectivity index (χ2v) is 9.22. The van der Waals surface area contributed by atoms with Gasteiger partial charge >= 0.3 is 0 Å². The Morgan fingerprint density at radius 3 is 1.30 bits per heavy atom. The molecule has 0 N–H and O–H groups in total. The molecular formula is C26H38O3S. The maximum Gasteiger partial charge on any atom is 0.119 e. The molecule has 30 heavy (non-hydrogen) atoms. The van der Waals surface area contributed by atoms with Gasteiger partial charge in [-0.1, -0.05) is 65.2 Å². The zero-order valence-corrected chi connectivity index (χ0v) is 19.6. The molecule has 0 bridgehead atoms. The van der Waals surface area contributed by atoms with Gasteiger partial charge in [0.2, 0.25) is 0 Å². The smallest absolute Gasteiger partial charge is 0.119 e. The van der Waals surface area contributed by atoms with E-state index in [-0.39, 0.29) is 0 Å². The molecule has 0 spiro atoms. The van der Waals surface area contributed by atoms with Crippen LogP contribution in [0.3, 0.4) is 0 Å². The first-order valence-electron chi connectivity index (χ1n) is 11.6. The predicted octanol–water partition coefficient (Wildman–Crippen LogP) is 7.55. The molecule has 0 fully saturated rings. The van der Waals surface area contributed by atoms with Crippen LogP contribution in [0.5, 0.6) is 11.5 Å². The highest BCUT2D eigenvalue weighted by Gasteiger charge is 2.08. The molecule has 0 aromatic heterocycles. The minimum atomic E-state index is -1.20. The number of ether oxygens (including phenoxy) is 2. The largest absolute Gasteiger partial charge is 0.494 e. The molecule has 0 atom stereocenters. The van der Waals surface area contributed by atoms with Crippen LogP contribution in [0.25, 0.3) is 0 Å². The van der Waals surface area contributed by atoms with E-state index >= 15 is 0 Å². The standard InChI is InChI=1S/C26H38O3S/c1-3-5-7-9-11-21-28-23-13-17-25(18-14-23)30(27)26-19-15-24(16-20-26)29-22-12-10-8-6-4-2/h13-20H,3-12,21-22H2,1-2H3. The Labute approximate surface area is 185 Å². The van der Waals surface area contributed by atoms with Crippen molar-refractivity contribution in [2.24, 2.45) is 0 Å². The van der Waals surface area contributed by atoms with Gasteiger partial charge in [0, 0.05) is 9.79 Å². The molecule has 2 rings (SSSR count). The minimum Gasteiger partial charge on any atom is -0.494 e. The molecule has 3 nitrogen and oxygen atoms in total.